The number of ether oxygens (including phenoxy) is 1. The number of nitrogens with one attached hydrogen (secondary N) is 1. The summed E-state index contributed by atoms with van der Waals surface area (Å²) < 4.78 is 7.85. The Labute approximate surface area is 142 Å². The molecule has 0 bridgehead atoms. The first-order chi connectivity index (χ1) is 11.9. The molecule has 1 heterocycles. The van der Waals surface area contributed by atoms with Gasteiger partial charge in [0.25, 0.3) is 0 Å². The second-order valence-electron chi connectivity index (χ2n) is 5.61. The lowest BCUT2D eigenvalue weighted by Crippen LogP contribution is -2.20. The van der Waals surface area contributed by atoms with Crippen molar-refractivity contribution in [3.05, 3.63) is 66.4 Å². The summed E-state index contributed by atoms with van der Waals surface area (Å²) in [7, 11) is 0. The van der Waals surface area contributed by atoms with E-state index in [0.717, 1.165) is 25.4 Å². The Kier molecular flexibility index (Phi) is 5.49. The molecule has 24 heavy (non-hydrogen) atoms. The van der Waals surface area contributed by atoms with Crippen LogP contribution in [-0.4, -0.2) is 17.7 Å². The summed E-state index contributed by atoms with van der Waals surface area (Å²) >= 11 is 0. The third kappa shape index (κ3) is 3.95. The minimum Gasteiger partial charge on any atom is -0.492 e. The number of benzene rings is 2. The Balaban J connectivity index is 1.56. The maximum atomic E-state index is 8.81. The largest absolute Gasteiger partial charge is 0.492 e. The van der Waals surface area contributed by atoms with Gasteiger partial charge in [-0.25, -0.2) is 0 Å². The molecule has 2 aromatic carbocycles. The molecule has 0 saturated carbocycles. The minimum absolute atomic E-state index is 0.524. The van der Waals surface area contributed by atoms with Crippen molar-refractivity contribution in [3.8, 4) is 11.8 Å². The predicted octanol–water partition coefficient (Wildman–Crippen LogP) is 3.72. The molecule has 0 aliphatic heterocycles. The first-order valence-corrected chi connectivity index (χ1v) is 8.21. The maximum Gasteiger partial charge on any atom is 0.119 e. The molecule has 122 valence electrons. The van der Waals surface area contributed by atoms with E-state index in [0.29, 0.717) is 13.0 Å². The van der Waals surface area contributed by atoms with Gasteiger partial charge in [0, 0.05) is 36.7 Å². The Bertz CT molecular complexity index is 818. The maximum absolute atomic E-state index is 8.81. The van der Waals surface area contributed by atoms with Crippen molar-refractivity contribution >= 4 is 10.9 Å². The monoisotopic (exact) mass is 319 g/mol. The lowest BCUT2D eigenvalue weighted by Gasteiger charge is -2.07. The van der Waals surface area contributed by atoms with Gasteiger partial charge in [-0.2, -0.15) is 5.26 Å². The second-order valence-corrected chi connectivity index (χ2v) is 5.61. The lowest BCUT2D eigenvalue weighted by molar-refractivity contribution is 0.313. The van der Waals surface area contributed by atoms with Crippen molar-refractivity contribution in [2.45, 2.75) is 19.5 Å². The van der Waals surface area contributed by atoms with Gasteiger partial charge in [-0.1, -0.05) is 36.4 Å². The zero-order chi connectivity index (χ0) is 16.6. The molecule has 0 unspecified atom stereocenters. The van der Waals surface area contributed by atoms with Gasteiger partial charge in [0.15, 0.2) is 0 Å². The third-order valence-corrected chi connectivity index (χ3v) is 3.94. The number of nitriles is 1. The summed E-state index contributed by atoms with van der Waals surface area (Å²) in [5.41, 5.74) is 2.44. The van der Waals surface area contributed by atoms with Gasteiger partial charge in [0.2, 0.25) is 0 Å². The topological polar surface area (TPSA) is 50.0 Å². The van der Waals surface area contributed by atoms with Crippen LogP contribution in [0, 0.1) is 11.3 Å². The highest BCUT2D eigenvalue weighted by molar-refractivity contribution is 5.83. The van der Waals surface area contributed by atoms with Crippen LogP contribution in [0.4, 0.5) is 0 Å². The first-order valence-electron chi connectivity index (χ1n) is 8.21. The molecule has 0 radical (unpaired) electrons. The molecule has 0 atom stereocenters. The molecule has 1 N–H and O–H groups in total. The highest BCUT2D eigenvalue weighted by Crippen LogP contribution is 2.21. The van der Waals surface area contributed by atoms with E-state index in [9.17, 15) is 0 Å². The third-order valence-electron chi connectivity index (χ3n) is 3.94. The van der Waals surface area contributed by atoms with Gasteiger partial charge < -0.3 is 14.6 Å². The van der Waals surface area contributed by atoms with Crippen LogP contribution in [0.3, 0.4) is 0 Å². The van der Waals surface area contributed by atoms with Crippen LogP contribution in [-0.2, 0) is 13.1 Å². The molecule has 0 aliphatic carbocycles. The van der Waals surface area contributed by atoms with E-state index in [-0.39, 0.29) is 0 Å². The number of hydrogen-bond donors (Lipinski definition) is 1. The zero-order valence-electron chi connectivity index (χ0n) is 13.6. The van der Waals surface area contributed by atoms with E-state index in [4.69, 9.17) is 10.00 Å². The summed E-state index contributed by atoms with van der Waals surface area (Å²) in [6.45, 7) is 2.94. The first kappa shape index (κ1) is 16.1. The van der Waals surface area contributed by atoms with Crippen LogP contribution in [0.5, 0.6) is 5.75 Å². The van der Waals surface area contributed by atoms with E-state index >= 15 is 0 Å². The summed E-state index contributed by atoms with van der Waals surface area (Å²) in [6, 6.07) is 20.4. The van der Waals surface area contributed by atoms with Gasteiger partial charge in [-0.3, -0.25) is 0 Å². The van der Waals surface area contributed by atoms with Gasteiger partial charge in [-0.15, -0.1) is 0 Å². The number of aryl methyl sites for hydroxylation is 1. The number of fused-ring (bicyclic) bond motifs is 1. The van der Waals surface area contributed by atoms with Gasteiger partial charge in [0.05, 0.1) is 12.5 Å². The summed E-state index contributed by atoms with van der Waals surface area (Å²) in [5, 5.41) is 13.5. The van der Waals surface area contributed by atoms with Crippen molar-refractivity contribution in [3.63, 3.8) is 0 Å². The minimum atomic E-state index is 0.524. The fourth-order valence-corrected chi connectivity index (χ4v) is 2.80. The lowest BCUT2D eigenvalue weighted by atomic mass is 10.2. The average Bonchev–Trinajstić information content (AvgIpc) is 2.99. The highest BCUT2D eigenvalue weighted by Gasteiger charge is 2.07. The SMILES string of the molecule is N#CCCn1cc(CNCCOc2ccccc2)c2ccccc21. The smallest absolute Gasteiger partial charge is 0.119 e. The van der Waals surface area contributed by atoms with E-state index in [1.807, 2.05) is 36.4 Å². The highest BCUT2D eigenvalue weighted by atomic mass is 16.5. The van der Waals surface area contributed by atoms with Gasteiger partial charge >= 0.3 is 0 Å². The Morgan fingerprint density at radius 1 is 1.04 bits per heavy atom. The Hall–Kier alpha value is -2.77. The molecule has 0 aliphatic rings. The Morgan fingerprint density at radius 2 is 1.83 bits per heavy atom. The van der Waals surface area contributed by atoms with Crippen LogP contribution in [0.15, 0.2) is 60.8 Å². The van der Waals surface area contributed by atoms with E-state index < -0.39 is 0 Å². The number of aromatic nitrogens is 1. The zero-order valence-corrected chi connectivity index (χ0v) is 13.6. The fourth-order valence-electron chi connectivity index (χ4n) is 2.80. The van der Waals surface area contributed by atoms with Crippen molar-refractivity contribution in [2.24, 2.45) is 0 Å². The van der Waals surface area contributed by atoms with Crippen LogP contribution in [0.2, 0.25) is 0 Å². The molecule has 3 aromatic rings. The summed E-state index contributed by atoms with van der Waals surface area (Å²) in [6.07, 6.45) is 2.67. The molecule has 1 aromatic heterocycles. The number of nitrogens with zero attached hydrogens (tertiary/aromatic N) is 2. The second kappa shape index (κ2) is 8.19. The Morgan fingerprint density at radius 3 is 2.67 bits per heavy atom. The quantitative estimate of drug-likeness (QED) is 0.644. The average molecular weight is 319 g/mol. The van der Waals surface area contributed by atoms with Crippen LogP contribution in [0.1, 0.15) is 12.0 Å². The molecule has 3 rings (SSSR count). The molecule has 4 heteroatoms. The molecule has 0 fully saturated rings. The summed E-state index contributed by atoms with van der Waals surface area (Å²) in [4.78, 5) is 0. The van der Waals surface area contributed by atoms with E-state index in [1.54, 1.807) is 0 Å². The number of hydrogen-bond acceptors (Lipinski definition) is 3. The number of rotatable bonds is 8. The molecule has 0 saturated heterocycles. The molecule has 4 nitrogen and oxygen atoms in total. The predicted molar refractivity (Wildman–Crippen MR) is 95.8 cm³/mol. The van der Waals surface area contributed by atoms with Crippen molar-refractivity contribution < 1.29 is 4.74 Å². The van der Waals surface area contributed by atoms with Crippen molar-refractivity contribution in [1.29, 1.82) is 5.26 Å². The van der Waals surface area contributed by atoms with Crippen LogP contribution < -0.4 is 10.1 Å². The van der Waals surface area contributed by atoms with Gasteiger partial charge in [0.1, 0.15) is 12.4 Å². The van der Waals surface area contributed by atoms with Crippen molar-refractivity contribution in [1.82, 2.24) is 9.88 Å². The normalized spacial score (nSPS) is 10.6. The van der Waals surface area contributed by atoms with E-state index in [1.165, 1.54) is 16.5 Å². The standard InChI is InChI=1S/C20H21N3O/c21-11-6-13-23-16-17(19-9-4-5-10-20(19)23)15-22-12-14-24-18-7-2-1-3-8-18/h1-5,7-10,16,22H,6,12-15H2. The van der Waals surface area contributed by atoms with Crippen molar-refractivity contribution in [2.75, 3.05) is 13.2 Å². The van der Waals surface area contributed by atoms with Crippen LogP contribution in [0.25, 0.3) is 10.9 Å². The molecule has 0 amide bonds. The van der Waals surface area contributed by atoms with Gasteiger partial charge in [-0.05, 0) is 23.8 Å². The molecular weight excluding hydrogens is 298 g/mol. The van der Waals surface area contributed by atoms with E-state index in [2.05, 4.69) is 40.3 Å². The molecule has 0 spiro atoms. The number of para-hydroxylation sites is 2. The van der Waals surface area contributed by atoms with Crippen LogP contribution >= 0.6 is 0 Å². The summed E-state index contributed by atoms with van der Waals surface area (Å²) in [5.74, 6) is 0.896. The molecular formula is C20H21N3O. The fraction of sp³-hybridized carbons (Fsp3) is 0.250.